The zero-order valence-corrected chi connectivity index (χ0v) is 9.34. The summed E-state index contributed by atoms with van der Waals surface area (Å²) in [7, 11) is 0. The second-order valence-electron chi connectivity index (χ2n) is 2.99. The number of esters is 2. The molecule has 0 saturated carbocycles. The number of halogens is 1. The fourth-order valence-electron chi connectivity index (χ4n) is 1.12. The molecule has 0 aromatic rings. The summed E-state index contributed by atoms with van der Waals surface area (Å²) in [5, 5.41) is 0. The van der Waals surface area contributed by atoms with Crippen LogP contribution in [0, 0.1) is 0 Å². The van der Waals surface area contributed by atoms with Gasteiger partial charge in [0.05, 0.1) is 13.2 Å². The van der Waals surface area contributed by atoms with E-state index in [1.807, 2.05) is 0 Å². The number of carbonyl (C=O) groups excluding carboxylic acids is 2. The zero-order chi connectivity index (χ0) is 11.9. The normalized spacial score (nSPS) is 10.9. The lowest BCUT2D eigenvalue weighted by Gasteiger charge is -2.20. The second-order valence-corrected chi connectivity index (χ2v) is 2.99. The monoisotopic (exact) mass is 220 g/mol. The predicted octanol–water partition coefficient (Wildman–Crippen LogP) is 1.62. The summed E-state index contributed by atoms with van der Waals surface area (Å²) in [6.45, 7) is 4.85. The molecule has 0 aliphatic heterocycles. The van der Waals surface area contributed by atoms with Crippen molar-refractivity contribution in [3.63, 3.8) is 0 Å². The Kier molecular flexibility index (Phi) is 5.89. The van der Waals surface area contributed by atoms with Crippen LogP contribution in [0.5, 0.6) is 0 Å². The molecule has 15 heavy (non-hydrogen) atoms. The van der Waals surface area contributed by atoms with Crippen LogP contribution < -0.4 is 0 Å². The minimum Gasteiger partial charge on any atom is -0.463 e. The van der Waals surface area contributed by atoms with Gasteiger partial charge in [-0.25, -0.2) is 14.0 Å². The van der Waals surface area contributed by atoms with Crippen molar-refractivity contribution >= 4 is 11.9 Å². The van der Waals surface area contributed by atoms with Gasteiger partial charge in [-0.2, -0.15) is 0 Å². The zero-order valence-electron chi connectivity index (χ0n) is 9.34. The summed E-state index contributed by atoms with van der Waals surface area (Å²) >= 11 is 0. The van der Waals surface area contributed by atoms with E-state index in [1.54, 1.807) is 20.8 Å². The maximum Gasteiger partial charge on any atom is 0.355 e. The maximum absolute atomic E-state index is 14.0. The van der Waals surface area contributed by atoms with E-state index < -0.39 is 17.6 Å². The predicted molar refractivity (Wildman–Crippen MR) is 52.0 cm³/mol. The van der Waals surface area contributed by atoms with E-state index in [9.17, 15) is 14.0 Å². The third-order valence-electron chi connectivity index (χ3n) is 1.79. The van der Waals surface area contributed by atoms with Crippen LogP contribution in [0.25, 0.3) is 0 Å². The first-order valence-electron chi connectivity index (χ1n) is 5.06. The first-order chi connectivity index (χ1) is 7.02. The Hall–Kier alpha value is -1.13. The quantitative estimate of drug-likeness (QED) is 0.504. The van der Waals surface area contributed by atoms with Gasteiger partial charge in [0.2, 0.25) is 0 Å². The van der Waals surface area contributed by atoms with Gasteiger partial charge in [-0.3, -0.25) is 0 Å². The molecule has 0 N–H and O–H groups in total. The average Bonchev–Trinajstić information content (AvgIpc) is 2.18. The standard InChI is InChI=1S/C10H17FO4/c1-4-7-10(11,8(12)14-5-2)9(13)15-6-3/h4-7H2,1-3H3. The summed E-state index contributed by atoms with van der Waals surface area (Å²) in [5.41, 5.74) is -2.65. The molecule has 0 aromatic carbocycles. The molecular weight excluding hydrogens is 203 g/mol. The highest BCUT2D eigenvalue weighted by Gasteiger charge is 2.48. The van der Waals surface area contributed by atoms with Gasteiger partial charge in [-0.1, -0.05) is 13.3 Å². The molecule has 0 aliphatic carbocycles. The molecule has 0 spiro atoms. The third-order valence-corrected chi connectivity index (χ3v) is 1.79. The summed E-state index contributed by atoms with van der Waals surface area (Å²) in [6, 6.07) is 0. The highest BCUT2D eigenvalue weighted by atomic mass is 19.1. The van der Waals surface area contributed by atoms with Gasteiger partial charge in [-0.15, -0.1) is 0 Å². The minimum absolute atomic E-state index is 0.0353. The molecule has 0 amide bonds. The lowest BCUT2D eigenvalue weighted by molar-refractivity contribution is -0.175. The lowest BCUT2D eigenvalue weighted by Crippen LogP contribution is -2.44. The summed E-state index contributed by atoms with van der Waals surface area (Å²) in [6.07, 6.45) is 0.138. The summed E-state index contributed by atoms with van der Waals surface area (Å²) < 4.78 is 23.0. The van der Waals surface area contributed by atoms with E-state index in [-0.39, 0.29) is 19.6 Å². The molecule has 0 aliphatic rings. The lowest BCUT2D eigenvalue weighted by atomic mass is 10.0. The van der Waals surface area contributed by atoms with Crippen LogP contribution in [-0.4, -0.2) is 30.8 Å². The maximum atomic E-state index is 14.0. The summed E-state index contributed by atoms with van der Waals surface area (Å²) in [4.78, 5) is 22.5. The smallest absolute Gasteiger partial charge is 0.355 e. The van der Waals surface area contributed by atoms with E-state index >= 15 is 0 Å². The topological polar surface area (TPSA) is 52.6 Å². The Morgan fingerprint density at radius 3 is 1.73 bits per heavy atom. The Bertz CT molecular complexity index is 209. The molecule has 0 unspecified atom stereocenters. The Morgan fingerprint density at radius 1 is 1.07 bits per heavy atom. The largest absolute Gasteiger partial charge is 0.463 e. The van der Waals surface area contributed by atoms with Crippen LogP contribution in [-0.2, 0) is 19.1 Å². The Labute approximate surface area is 88.7 Å². The molecule has 0 rings (SSSR count). The van der Waals surface area contributed by atoms with E-state index in [0.717, 1.165) is 0 Å². The van der Waals surface area contributed by atoms with Crippen molar-refractivity contribution in [3.8, 4) is 0 Å². The van der Waals surface area contributed by atoms with Crippen LogP contribution in [0.4, 0.5) is 4.39 Å². The minimum atomic E-state index is -2.65. The molecule has 88 valence electrons. The van der Waals surface area contributed by atoms with Crippen molar-refractivity contribution in [2.75, 3.05) is 13.2 Å². The molecule has 0 bridgehead atoms. The number of ether oxygens (including phenoxy) is 2. The van der Waals surface area contributed by atoms with E-state index in [1.165, 1.54) is 0 Å². The molecular formula is C10H17FO4. The van der Waals surface area contributed by atoms with E-state index in [4.69, 9.17) is 0 Å². The van der Waals surface area contributed by atoms with Crippen molar-refractivity contribution < 1.29 is 23.5 Å². The number of rotatable bonds is 6. The molecule has 4 nitrogen and oxygen atoms in total. The number of alkyl halides is 1. The molecule has 0 heterocycles. The van der Waals surface area contributed by atoms with Gasteiger partial charge in [-0.05, 0) is 13.8 Å². The molecule has 0 fully saturated rings. The van der Waals surface area contributed by atoms with Gasteiger partial charge >= 0.3 is 17.6 Å². The highest BCUT2D eigenvalue weighted by molar-refractivity contribution is 6.03. The molecule has 5 heteroatoms. The first-order valence-corrected chi connectivity index (χ1v) is 5.06. The molecule has 0 aromatic heterocycles. The fourth-order valence-corrected chi connectivity index (χ4v) is 1.12. The average molecular weight is 220 g/mol. The van der Waals surface area contributed by atoms with E-state index in [2.05, 4.69) is 9.47 Å². The Balaban J connectivity index is 4.70. The summed E-state index contributed by atoms with van der Waals surface area (Å²) in [5.74, 6) is -2.32. The Morgan fingerprint density at radius 2 is 1.47 bits per heavy atom. The van der Waals surface area contributed by atoms with Crippen LogP contribution in [0.3, 0.4) is 0 Å². The molecule has 0 radical (unpaired) electrons. The van der Waals surface area contributed by atoms with Gasteiger partial charge in [0.1, 0.15) is 0 Å². The number of carbonyl (C=O) groups is 2. The van der Waals surface area contributed by atoms with Crippen LogP contribution in [0.2, 0.25) is 0 Å². The molecule has 0 atom stereocenters. The van der Waals surface area contributed by atoms with Crippen molar-refractivity contribution in [3.05, 3.63) is 0 Å². The number of hydrogen-bond donors (Lipinski definition) is 0. The number of hydrogen-bond acceptors (Lipinski definition) is 4. The second kappa shape index (κ2) is 6.37. The van der Waals surface area contributed by atoms with Gasteiger partial charge in [0.25, 0.3) is 0 Å². The van der Waals surface area contributed by atoms with Crippen LogP contribution >= 0.6 is 0 Å². The highest BCUT2D eigenvalue weighted by Crippen LogP contribution is 2.22. The van der Waals surface area contributed by atoms with Crippen molar-refractivity contribution in [1.82, 2.24) is 0 Å². The van der Waals surface area contributed by atoms with Gasteiger partial charge < -0.3 is 9.47 Å². The van der Waals surface area contributed by atoms with Crippen molar-refractivity contribution in [2.24, 2.45) is 0 Å². The fraction of sp³-hybridized carbons (Fsp3) is 0.800. The molecule has 0 saturated heterocycles. The third kappa shape index (κ3) is 3.49. The van der Waals surface area contributed by atoms with Gasteiger partial charge in [0.15, 0.2) is 0 Å². The van der Waals surface area contributed by atoms with Crippen LogP contribution in [0.15, 0.2) is 0 Å². The first kappa shape index (κ1) is 13.9. The van der Waals surface area contributed by atoms with Crippen molar-refractivity contribution in [2.45, 2.75) is 39.3 Å². The van der Waals surface area contributed by atoms with Crippen LogP contribution in [0.1, 0.15) is 33.6 Å². The van der Waals surface area contributed by atoms with E-state index in [0.29, 0.717) is 6.42 Å². The van der Waals surface area contributed by atoms with Gasteiger partial charge in [0, 0.05) is 6.42 Å². The SMILES string of the molecule is CCCC(F)(C(=O)OCC)C(=O)OCC. The van der Waals surface area contributed by atoms with Crippen molar-refractivity contribution in [1.29, 1.82) is 0 Å².